The van der Waals surface area contributed by atoms with Gasteiger partial charge in [-0.25, -0.2) is 13.9 Å². The van der Waals surface area contributed by atoms with E-state index in [-0.39, 0.29) is 29.4 Å². The standard InChI is InChI=1S/C11H6N3O8P/c15-9-8-5-20-23(19)21-10(8)12(11(16)13(9)22-23)6-1-3-7(4-2-6)14(17)18/h1-4H,5H2. The molecule has 12 heteroatoms. The highest BCUT2D eigenvalue weighted by atomic mass is 31.2. The van der Waals surface area contributed by atoms with E-state index < -0.39 is 24.0 Å². The van der Waals surface area contributed by atoms with Crippen molar-refractivity contribution in [1.82, 2.24) is 9.30 Å². The maximum Gasteiger partial charge on any atom is 0.608 e. The fourth-order valence-electron chi connectivity index (χ4n) is 2.27. The van der Waals surface area contributed by atoms with E-state index in [0.717, 1.165) is 4.57 Å². The van der Waals surface area contributed by atoms with E-state index in [1.165, 1.54) is 24.3 Å². The highest BCUT2D eigenvalue weighted by molar-refractivity contribution is 7.49. The third-order valence-electron chi connectivity index (χ3n) is 3.33. The SMILES string of the molecule is O=c1c2c3n(-c4ccc([N+](=O)[O-])cc4)c(=O)n1OP(=O)(OC2)O3. The Morgan fingerprint density at radius 2 is 1.91 bits per heavy atom. The molecule has 6 rings (SSSR count). The zero-order valence-electron chi connectivity index (χ0n) is 11.1. The summed E-state index contributed by atoms with van der Waals surface area (Å²) in [4.78, 5) is 34.5. The Labute approximate surface area is 126 Å². The van der Waals surface area contributed by atoms with Crippen LogP contribution >= 0.6 is 7.82 Å². The van der Waals surface area contributed by atoms with E-state index in [1.807, 2.05) is 0 Å². The average Bonchev–Trinajstić information content (AvgIpc) is 2.75. The summed E-state index contributed by atoms with van der Waals surface area (Å²) < 4.78 is 28.1. The molecule has 1 aromatic carbocycles. The number of aromatic nitrogens is 2. The smallest absolute Gasteiger partial charge is 0.376 e. The number of nitro groups is 1. The van der Waals surface area contributed by atoms with E-state index in [0.29, 0.717) is 4.73 Å². The number of phosphoric ester groups is 1. The number of fused-ring (bicyclic) bond motifs is 2. The van der Waals surface area contributed by atoms with Gasteiger partial charge in [-0.15, -0.1) is 0 Å². The second kappa shape index (κ2) is 4.31. The largest absolute Gasteiger partial charge is 0.608 e. The molecule has 0 spiro atoms. The molecular weight excluding hydrogens is 333 g/mol. The second-order valence-corrected chi connectivity index (χ2v) is 6.17. The van der Waals surface area contributed by atoms with Crippen molar-refractivity contribution in [3.63, 3.8) is 0 Å². The molecule has 1 atom stereocenters. The predicted molar refractivity (Wildman–Crippen MR) is 72.6 cm³/mol. The van der Waals surface area contributed by atoms with Gasteiger partial charge in [-0.05, 0) is 12.1 Å². The Hall–Kier alpha value is -2.91. The molecule has 0 saturated carbocycles. The van der Waals surface area contributed by atoms with E-state index in [9.17, 15) is 24.3 Å². The number of rotatable bonds is 2. The lowest BCUT2D eigenvalue weighted by Crippen LogP contribution is -2.41. The molecule has 0 saturated heterocycles. The molecule has 118 valence electrons. The lowest BCUT2D eigenvalue weighted by atomic mass is 10.2. The normalized spacial score (nSPS) is 20.7. The molecule has 0 radical (unpaired) electrons. The average molecular weight is 339 g/mol. The van der Waals surface area contributed by atoms with Crippen molar-refractivity contribution in [2.24, 2.45) is 0 Å². The molecule has 0 amide bonds. The fourth-order valence-corrected chi connectivity index (χ4v) is 3.44. The van der Waals surface area contributed by atoms with Crippen LogP contribution in [0.5, 0.6) is 5.88 Å². The van der Waals surface area contributed by atoms with Gasteiger partial charge >= 0.3 is 13.5 Å². The van der Waals surface area contributed by atoms with E-state index in [4.69, 9.17) is 13.7 Å². The molecule has 0 fully saturated rings. The Morgan fingerprint density at radius 3 is 2.57 bits per heavy atom. The monoisotopic (exact) mass is 339 g/mol. The number of nitrogens with zero attached hydrogens (tertiary/aromatic N) is 3. The molecule has 4 bridgehead atoms. The van der Waals surface area contributed by atoms with Crippen LogP contribution in [0.4, 0.5) is 5.69 Å². The maximum atomic E-state index is 12.4. The highest BCUT2D eigenvalue weighted by Gasteiger charge is 2.45. The van der Waals surface area contributed by atoms with Crippen LogP contribution in [0.3, 0.4) is 0 Å². The topological polar surface area (TPSA) is 132 Å². The first kappa shape index (κ1) is 13.7. The summed E-state index contributed by atoms with van der Waals surface area (Å²) in [5.74, 6) is -0.253. The van der Waals surface area contributed by atoms with E-state index in [1.54, 1.807) is 0 Å². The van der Waals surface area contributed by atoms with Crippen LogP contribution in [0.25, 0.3) is 5.69 Å². The quantitative estimate of drug-likeness (QED) is 0.435. The summed E-state index contributed by atoms with van der Waals surface area (Å²) in [7, 11) is -4.10. The Morgan fingerprint density at radius 1 is 1.22 bits per heavy atom. The van der Waals surface area contributed by atoms with E-state index in [2.05, 4.69) is 0 Å². The number of benzene rings is 1. The van der Waals surface area contributed by atoms with Crippen molar-refractivity contribution >= 4 is 13.5 Å². The minimum absolute atomic E-state index is 0.0353. The fraction of sp³-hybridized carbons (Fsp3) is 0.0909. The van der Waals surface area contributed by atoms with Crippen molar-refractivity contribution < 1.29 is 23.2 Å². The van der Waals surface area contributed by atoms with Gasteiger partial charge in [-0.3, -0.25) is 24.1 Å². The van der Waals surface area contributed by atoms with Crippen LogP contribution in [-0.4, -0.2) is 14.2 Å². The van der Waals surface area contributed by atoms with Gasteiger partial charge in [0.25, 0.3) is 11.2 Å². The summed E-state index contributed by atoms with van der Waals surface area (Å²) in [5, 5.41) is 10.7. The van der Waals surface area contributed by atoms with Gasteiger partial charge in [-0.1, -0.05) is 4.73 Å². The Bertz CT molecular complexity index is 1020. The number of hydrogen-bond acceptors (Lipinski definition) is 8. The summed E-state index contributed by atoms with van der Waals surface area (Å²) in [6.07, 6.45) is 0. The van der Waals surface area contributed by atoms with Gasteiger partial charge in [0.1, 0.15) is 5.56 Å². The van der Waals surface area contributed by atoms with Crippen LogP contribution in [0.15, 0.2) is 33.9 Å². The molecule has 2 aromatic rings. The third kappa shape index (κ3) is 1.84. The zero-order chi connectivity index (χ0) is 16.4. The number of hydrogen-bond donors (Lipinski definition) is 0. The molecule has 4 aliphatic heterocycles. The summed E-state index contributed by atoms with van der Waals surface area (Å²) in [5.41, 5.74) is -1.80. The predicted octanol–water partition coefficient (Wildman–Crippen LogP) is 0.367. The maximum absolute atomic E-state index is 12.4. The lowest BCUT2D eigenvalue weighted by Gasteiger charge is -2.19. The van der Waals surface area contributed by atoms with Gasteiger partial charge in [0.05, 0.1) is 17.2 Å². The van der Waals surface area contributed by atoms with Gasteiger partial charge in [0, 0.05) is 12.1 Å². The summed E-state index contributed by atoms with van der Waals surface area (Å²) in [6, 6.07) is 4.95. The van der Waals surface area contributed by atoms with Gasteiger partial charge in [0.15, 0.2) is 0 Å². The molecular formula is C11H6N3O8P. The molecule has 0 N–H and O–H groups in total. The van der Waals surface area contributed by atoms with Crippen molar-refractivity contribution in [3.05, 3.63) is 60.8 Å². The molecule has 1 aromatic heterocycles. The van der Waals surface area contributed by atoms with Crippen LogP contribution < -0.4 is 20.4 Å². The Kier molecular flexibility index (Phi) is 2.57. The number of non-ortho nitro benzene ring substituents is 1. The molecule has 4 aliphatic rings. The molecule has 5 heterocycles. The Balaban J connectivity index is 2.01. The molecule has 23 heavy (non-hydrogen) atoms. The van der Waals surface area contributed by atoms with Crippen molar-refractivity contribution in [1.29, 1.82) is 0 Å². The minimum Gasteiger partial charge on any atom is -0.376 e. The number of phosphoric acid groups is 1. The first-order chi connectivity index (χ1) is 10.9. The molecule has 1 unspecified atom stereocenters. The van der Waals surface area contributed by atoms with Crippen LogP contribution in [0.2, 0.25) is 0 Å². The van der Waals surface area contributed by atoms with Gasteiger partial charge in [-0.2, -0.15) is 0 Å². The lowest BCUT2D eigenvalue weighted by molar-refractivity contribution is -0.384. The van der Waals surface area contributed by atoms with Crippen LogP contribution in [-0.2, 0) is 15.7 Å². The second-order valence-electron chi connectivity index (χ2n) is 4.67. The first-order valence-electron chi connectivity index (χ1n) is 6.20. The van der Waals surface area contributed by atoms with Crippen molar-refractivity contribution in [2.45, 2.75) is 6.61 Å². The molecule has 11 nitrogen and oxygen atoms in total. The third-order valence-corrected chi connectivity index (χ3v) is 4.54. The van der Waals surface area contributed by atoms with Crippen molar-refractivity contribution in [2.75, 3.05) is 0 Å². The van der Waals surface area contributed by atoms with Crippen molar-refractivity contribution in [3.8, 4) is 11.6 Å². The summed E-state index contributed by atoms with van der Waals surface area (Å²) >= 11 is 0. The van der Waals surface area contributed by atoms with Crippen LogP contribution in [0, 0.1) is 10.1 Å². The molecule has 0 aliphatic carbocycles. The van der Waals surface area contributed by atoms with Crippen LogP contribution in [0.1, 0.15) is 5.56 Å². The first-order valence-corrected chi connectivity index (χ1v) is 7.66. The number of nitro benzene ring substituents is 1. The minimum atomic E-state index is -4.10. The van der Waals surface area contributed by atoms with E-state index >= 15 is 0 Å². The highest BCUT2D eigenvalue weighted by Crippen LogP contribution is 2.52. The zero-order valence-corrected chi connectivity index (χ0v) is 12.0. The van der Waals surface area contributed by atoms with Gasteiger partial charge in [0.2, 0.25) is 5.88 Å². The van der Waals surface area contributed by atoms with Gasteiger partial charge < -0.3 is 4.52 Å². The summed E-state index contributed by atoms with van der Waals surface area (Å²) in [6.45, 7) is -0.335.